The molecule has 1 amide bonds. The van der Waals surface area contributed by atoms with Crippen molar-refractivity contribution in [1.29, 1.82) is 0 Å². The number of carbonyl (C=O) groups excluding carboxylic acids is 1. The summed E-state index contributed by atoms with van der Waals surface area (Å²) < 4.78 is 0. The molecule has 116 valence electrons. The van der Waals surface area contributed by atoms with Crippen molar-refractivity contribution in [2.75, 3.05) is 6.54 Å². The Morgan fingerprint density at radius 3 is 2.15 bits per heavy atom. The highest BCUT2D eigenvalue weighted by molar-refractivity contribution is 5.87. The number of nitrogens with two attached hydrogens (primary N) is 1. The lowest BCUT2D eigenvalue weighted by molar-refractivity contribution is -0.148. The van der Waals surface area contributed by atoms with Crippen LogP contribution in [0.15, 0.2) is 0 Å². The van der Waals surface area contributed by atoms with Crippen LogP contribution < -0.4 is 11.1 Å². The Morgan fingerprint density at radius 2 is 1.75 bits per heavy atom. The van der Waals surface area contributed by atoms with Gasteiger partial charge < -0.3 is 16.2 Å². The van der Waals surface area contributed by atoms with Gasteiger partial charge >= 0.3 is 5.97 Å². The lowest BCUT2D eigenvalue weighted by Gasteiger charge is -2.37. The Morgan fingerprint density at radius 1 is 1.20 bits per heavy atom. The maximum Gasteiger partial charge on any atom is 0.329 e. The lowest BCUT2D eigenvalue weighted by atomic mass is 9.71. The molecule has 1 saturated carbocycles. The maximum absolute atomic E-state index is 12.3. The molecule has 0 aromatic heterocycles. The molecule has 0 spiro atoms. The second kappa shape index (κ2) is 7.07. The van der Waals surface area contributed by atoms with E-state index in [1.807, 2.05) is 0 Å². The molecule has 0 radical (unpaired) electrons. The van der Waals surface area contributed by atoms with Gasteiger partial charge in [0.25, 0.3) is 0 Å². The first-order valence-corrected chi connectivity index (χ1v) is 7.68. The number of aliphatic carboxylic acids is 1. The first-order valence-electron chi connectivity index (χ1n) is 7.68. The van der Waals surface area contributed by atoms with Gasteiger partial charge in [0, 0.05) is 6.42 Å². The third-order valence-corrected chi connectivity index (χ3v) is 4.88. The Kier molecular flexibility index (Phi) is 5.99. The van der Waals surface area contributed by atoms with Gasteiger partial charge in [-0.25, -0.2) is 4.79 Å². The molecule has 0 unspecified atom stereocenters. The van der Waals surface area contributed by atoms with Gasteiger partial charge in [0.2, 0.25) is 5.91 Å². The summed E-state index contributed by atoms with van der Waals surface area (Å²) in [5.74, 6) is -1.13. The van der Waals surface area contributed by atoms with E-state index in [0.717, 1.165) is 25.7 Å². The van der Waals surface area contributed by atoms with Gasteiger partial charge in [-0.3, -0.25) is 4.79 Å². The first-order chi connectivity index (χ1) is 9.43. The Hall–Kier alpha value is -1.10. The molecule has 0 aliphatic heterocycles. The van der Waals surface area contributed by atoms with Crippen molar-refractivity contribution >= 4 is 11.9 Å². The summed E-state index contributed by atoms with van der Waals surface area (Å²) in [7, 11) is 0. The number of carboxylic acid groups (broad SMARTS) is 1. The minimum atomic E-state index is -1.14. The molecule has 5 nitrogen and oxygen atoms in total. The van der Waals surface area contributed by atoms with Crippen LogP contribution in [0.25, 0.3) is 0 Å². The zero-order valence-electron chi connectivity index (χ0n) is 12.7. The molecule has 20 heavy (non-hydrogen) atoms. The molecule has 0 saturated heterocycles. The Labute approximate surface area is 121 Å². The van der Waals surface area contributed by atoms with Crippen LogP contribution in [0.1, 0.15) is 65.2 Å². The minimum absolute atomic E-state index is 0.131. The SMILES string of the molecule is CCC(CC)(NC(=O)CC1(CN)CCCCC1)C(=O)O. The number of carbonyl (C=O) groups is 2. The number of carboxylic acids is 1. The van der Waals surface area contributed by atoms with Crippen LogP contribution in [0.4, 0.5) is 0 Å². The molecule has 0 aromatic rings. The molecule has 0 aromatic carbocycles. The number of amides is 1. The van der Waals surface area contributed by atoms with Crippen molar-refractivity contribution in [3.63, 3.8) is 0 Å². The summed E-state index contributed by atoms with van der Waals surface area (Å²) in [4.78, 5) is 23.7. The molecule has 0 bridgehead atoms. The molecule has 0 atom stereocenters. The fourth-order valence-corrected chi connectivity index (χ4v) is 3.19. The van der Waals surface area contributed by atoms with E-state index in [-0.39, 0.29) is 11.3 Å². The maximum atomic E-state index is 12.3. The van der Waals surface area contributed by atoms with Crippen LogP contribution in [0, 0.1) is 5.41 Å². The highest BCUT2D eigenvalue weighted by atomic mass is 16.4. The van der Waals surface area contributed by atoms with E-state index >= 15 is 0 Å². The Bertz CT molecular complexity index is 345. The highest BCUT2D eigenvalue weighted by Crippen LogP contribution is 2.38. The standard InChI is InChI=1S/C15H28N2O3/c1-3-15(4-2,13(19)20)17-12(18)10-14(11-16)8-6-5-7-9-14/h3-11,16H2,1-2H3,(H,17,18)(H,19,20). The summed E-state index contributed by atoms with van der Waals surface area (Å²) in [6, 6.07) is 0. The van der Waals surface area contributed by atoms with Crippen molar-refractivity contribution in [2.45, 2.75) is 70.8 Å². The molecule has 4 N–H and O–H groups in total. The number of hydrogen-bond acceptors (Lipinski definition) is 3. The minimum Gasteiger partial charge on any atom is -0.480 e. The smallest absolute Gasteiger partial charge is 0.329 e. The number of nitrogens with one attached hydrogen (secondary N) is 1. The van der Waals surface area contributed by atoms with Gasteiger partial charge in [-0.15, -0.1) is 0 Å². The van der Waals surface area contributed by atoms with Crippen molar-refractivity contribution < 1.29 is 14.7 Å². The fraction of sp³-hybridized carbons (Fsp3) is 0.867. The summed E-state index contributed by atoms with van der Waals surface area (Å²) in [5, 5.41) is 12.1. The van der Waals surface area contributed by atoms with Crippen LogP contribution in [-0.2, 0) is 9.59 Å². The third-order valence-electron chi connectivity index (χ3n) is 4.88. The van der Waals surface area contributed by atoms with E-state index < -0.39 is 11.5 Å². The average molecular weight is 284 g/mol. The van der Waals surface area contributed by atoms with E-state index in [1.165, 1.54) is 6.42 Å². The Balaban J connectivity index is 2.72. The van der Waals surface area contributed by atoms with Crippen LogP contribution >= 0.6 is 0 Å². The van der Waals surface area contributed by atoms with Crippen LogP contribution in [0.3, 0.4) is 0 Å². The van der Waals surface area contributed by atoms with Crippen LogP contribution in [0.5, 0.6) is 0 Å². The lowest BCUT2D eigenvalue weighted by Crippen LogP contribution is -2.55. The monoisotopic (exact) mass is 284 g/mol. The first kappa shape index (κ1) is 17.0. The molecule has 0 heterocycles. The van der Waals surface area contributed by atoms with Gasteiger partial charge in [0.15, 0.2) is 0 Å². The number of hydrogen-bond donors (Lipinski definition) is 3. The third kappa shape index (κ3) is 3.72. The van der Waals surface area contributed by atoms with E-state index in [1.54, 1.807) is 13.8 Å². The van der Waals surface area contributed by atoms with E-state index in [2.05, 4.69) is 5.32 Å². The highest BCUT2D eigenvalue weighted by Gasteiger charge is 2.39. The van der Waals surface area contributed by atoms with Gasteiger partial charge in [-0.2, -0.15) is 0 Å². The van der Waals surface area contributed by atoms with Crippen molar-refractivity contribution in [2.24, 2.45) is 11.1 Å². The summed E-state index contributed by atoms with van der Waals surface area (Å²) >= 11 is 0. The predicted molar refractivity (Wildman–Crippen MR) is 78.3 cm³/mol. The number of rotatable bonds is 7. The summed E-state index contributed by atoms with van der Waals surface area (Å²) in [5.41, 5.74) is 4.61. The predicted octanol–water partition coefficient (Wildman–Crippen LogP) is 2.05. The van der Waals surface area contributed by atoms with Crippen molar-refractivity contribution in [3.05, 3.63) is 0 Å². The quantitative estimate of drug-likeness (QED) is 0.667. The summed E-state index contributed by atoms with van der Waals surface area (Å²) in [6.07, 6.45) is 6.47. The van der Waals surface area contributed by atoms with E-state index in [9.17, 15) is 14.7 Å². The van der Waals surface area contributed by atoms with Crippen molar-refractivity contribution in [1.82, 2.24) is 5.32 Å². The largest absolute Gasteiger partial charge is 0.480 e. The second-order valence-corrected chi connectivity index (χ2v) is 6.08. The molecule has 1 aliphatic rings. The fourth-order valence-electron chi connectivity index (χ4n) is 3.19. The van der Waals surface area contributed by atoms with Crippen LogP contribution in [0.2, 0.25) is 0 Å². The molecule has 1 aliphatic carbocycles. The topological polar surface area (TPSA) is 92.4 Å². The second-order valence-electron chi connectivity index (χ2n) is 6.08. The zero-order valence-corrected chi connectivity index (χ0v) is 12.7. The van der Waals surface area contributed by atoms with E-state index in [0.29, 0.717) is 25.8 Å². The van der Waals surface area contributed by atoms with Gasteiger partial charge in [0.1, 0.15) is 5.54 Å². The van der Waals surface area contributed by atoms with Crippen LogP contribution in [-0.4, -0.2) is 29.1 Å². The molecule has 5 heteroatoms. The molecule has 1 fully saturated rings. The molecule has 1 rings (SSSR count). The van der Waals surface area contributed by atoms with Gasteiger partial charge in [-0.1, -0.05) is 33.1 Å². The van der Waals surface area contributed by atoms with E-state index in [4.69, 9.17) is 5.73 Å². The van der Waals surface area contributed by atoms with Gasteiger partial charge in [0.05, 0.1) is 0 Å². The average Bonchev–Trinajstić information content (AvgIpc) is 2.45. The normalized spacial score (nSPS) is 18.6. The zero-order chi connectivity index (χ0) is 15.2. The molecular weight excluding hydrogens is 256 g/mol. The van der Waals surface area contributed by atoms with Crippen molar-refractivity contribution in [3.8, 4) is 0 Å². The van der Waals surface area contributed by atoms with Gasteiger partial charge in [-0.05, 0) is 37.6 Å². The molecular formula is C15H28N2O3. The summed E-state index contributed by atoms with van der Waals surface area (Å²) in [6.45, 7) is 4.08.